The molecule has 7 heteroatoms. The van der Waals surface area contributed by atoms with Crippen LogP contribution >= 0.6 is 27.3 Å². The summed E-state index contributed by atoms with van der Waals surface area (Å²) in [5, 5.41) is 1.06. The van der Waals surface area contributed by atoms with Crippen LogP contribution in [-0.4, -0.2) is 53.6 Å². The molecule has 0 unspecified atom stereocenters. The quantitative estimate of drug-likeness (QED) is 0.683. The van der Waals surface area contributed by atoms with E-state index in [4.69, 9.17) is 4.74 Å². The minimum atomic E-state index is -0.505. The molecule has 2 heterocycles. The lowest BCUT2D eigenvalue weighted by atomic mass is 10.2. The molecule has 2 amide bonds. The Kier molecular flexibility index (Phi) is 5.06. The molecule has 0 N–H and O–H groups in total. The first-order valence-corrected chi connectivity index (χ1v) is 9.80. The van der Waals surface area contributed by atoms with E-state index in [1.54, 1.807) is 9.80 Å². The third-order valence-corrected chi connectivity index (χ3v) is 5.51. The van der Waals surface area contributed by atoms with Gasteiger partial charge in [0.15, 0.2) is 0 Å². The van der Waals surface area contributed by atoms with Crippen molar-refractivity contribution in [3.05, 3.63) is 33.6 Å². The minimum absolute atomic E-state index is 0.0289. The Morgan fingerprint density at radius 1 is 1.08 bits per heavy atom. The van der Waals surface area contributed by atoms with E-state index in [-0.39, 0.29) is 12.0 Å². The van der Waals surface area contributed by atoms with Crippen molar-refractivity contribution in [2.24, 2.45) is 0 Å². The highest BCUT2D eigenvalue weighted by Crippen LogP contribution is 2.29. The SMILES string of the molecule is CC(C)(C)OC(=O)N1CCN(C(=O)c2cc3cc(Br)ccc3s2)CC1. The lowest BCUT2D eigenvalue weighted by molar-refractivity contribution is 0.0141. The zero-order chi connectivity index (χ0) is 18.2. The van der Waals surface area contributed by atoms with E-state index in [0.717, 1.165) is 19.4 Å². The second kappa shape index (κ2) is 6.96. The molecule has 2 aromatic rings. The van der Waals surface area contributed by atoms with Gasteiger partial charge in [0.25, 0.3) is 5.91 Å². The Labute approximate surface area is 159 Å². The lowest BCUT2D eigenvalue weighted by Crippen LogP contribution is -2.51. The van der Waals surface area contributed by atoms with Crippen molar-refractivity contribution in [3.63, 3.8) is 0 Å². The van der Waals surface area contributed by atoms with Crippen molar-refractivity contribution >= 4 is 49.4 Å². The summed E-state index contributed by atoms with van der Waals surface area (Å²) in [7, 11) is 0. The maximum atomic E-state index is 12.7. The van der Waals surface area contributed by atoms with Crippen LogP contribution < -0.4 is 0 Å². The Balaban J connectivity index is 1.63. The van der Waals surface area contributed by atoms with E-state index in [9.17, 15) is 9.59 Å². The van der Waals surface area contributed by atoms with Gasteiger partial charge in [0, 0.05) is 35.4 Å². The topological polar surface area (TPSA) is 49.9 Å². The predicted molar refractivity (Wildman–Crippen MR) is 103 cm³/mol. The number of carbonyl (C=O) groups excluding carboxylic acids is 2. The second-order valence-electron chi connectivity index (χ2n) is 7.05. The molecule has 5 nitrogen and oxygen atoms in total. The first kappa shape index (κ1) is 18.2. The fourth-order valence-corrected chi connectivity index (χ4v) is 4.08. The molecule has 0 aliphatic carbocycles. The van der Waals surface area contributed by atoms with Crippen molar-refractivity contribution in [3.8, 4) is 0 Å². The molecule has 1 aromatic heterocycles. The number of fused-ring (bicyclic) bond motifs is 1. The molecule has 3 rings (SSSR count). The smallest absolute Gasteiger partial charge is 0.410 e. The van der Waals surface area contributed by atoms with Crippen LogP contribution in [0.25, 0.3) is 10.1 Å². The average molecular weight is 425 g/mol. The van der Waals surface area contributed by atoms with Crippen LogP contribution in [-0.2, 0) is 4.74 Å². The summed E-state index contributed by atoms with van der Waals surface area (Å²) >= 11 is 4.96. The van der Waals surface area contributed by atoms with Crippen LogP contribution in [0.15, 0.2) is 28.7 Å². The molecule has 0 spiro atoms. The molecule has 1 aliphatic rings. The van der Waals surface area contributed by atoms with Gasteiger partial charge in [-0.25, -0.2) is 4.79 Å². The first-order chi connectivity index (χ1) is 11.7. The molecule has 0 bridgehead atoms. The van der Waals surface area contributed by atoms with Crippen molar-refractivity contribution in [2.75, 3.05) is 26.2 Å². The highest BCUT2D eigenvalue weighted by atomic mass is 79.9. The number of amides is 2. The minimum Gasteiger partial charge on any atom is -0.444 e. The molecule has 1 aliphatic heterocycles. The molecule has 1 aromatic carbocycles. The predicted octanol–water partition coefficient (Wildman–Crippen LogP) is 4.36. The highest BCUT2D eigenvalue weighted by Gasteiger charge is 2.28. The zero-order valence-electron chi connectivity index (χ0n) is 14.5. The fraction of sp³-hybridized carbons (Fsp3) is 0.444. The van der Waals surface area contributed by atoms with Gasteiger partial charge in [-0.05, 0) is 50.4 Å². The fourth-order valence-electron chi connectivity index (χ4n) is 2.69. The summed E-state index contributed by atoms with van der Waals surface area (Å²) in [5.41, 5.74) is -0.505. The van der Waals surface area contributed by atoms with Crippen LogP contribution in [0.4, 0.5) is 4.79 Å². The lowest BCUT2D eigenvalue weighted by Gasteiger charge is -2.35. The number of thiophene rings is 1. The van der Waals surface area contributed by atoms with Gasteiger partial charge < -0.3 is 14.5 Å². The maximum Gasteiger partial charge on any atom is 0.410 e. The van der Waals surface area contributed by atoms with E-state index in [1.807, 2.05) is 45.0 Å². The largest absolute Gasteiger partial charge is 0.444 e. The highest BCUT2D eigenvalue weighted by molar-refractivity contribution is 9.10. The van der Waals surface area contributed by atoms with E-state index < -0.39 is 5.60 Å². The van der Waals surface area contributed by atoms with Gasteiger partial charge in [-0.3, -0.25) is 4.79 Å². The summed E-state index contributed by atoms with van der Waals surface area (Å²) in [6, 6.07) is 7.95. The number of hydrogen-bond acceptors (Lipinski definition) is 4. The number of benzene rings is 1. The number of hydrogen-bond donors (Lipinski definition) is 0. The van der Waals surface area contributed by atoms with Gasteiger partial charge in [0.1, 0.15) is 5.60 Å². The Morgan fingerprint density at radius 2 is 1.72 bits per heavy atom. The summed E-state index contributed by atoms with van der Waals surface area (Å²) in [6.45, 7) is 7.60. The van der Waals surface area contributed by atoms with Crippen LogP contribution in [0.1, 0.15) is 30.4 Å². The molecule has 1 fully saturated rings. The van der Waals surface area contributed by atoms with Gasteiger partial charge in [-0.15, -0.1) is 11.3 Å². The summed E-state index contributed by atoms with van der Waals surface area (Å²) < 4.78 is 7.49. The van der Waals surface area contributed by atoms with Crippen LogP contribution in [0.5, 0.6) is 0 Å². The molecule has 25 heavy (non-hydrogen) atoms. The molecule has 0 radical (unpaired) electrons. The summed E-state index contributed by atoms with van der Waals surface area (Å²) in [4.78, 5) is 29.1. The number of halogens is 1. The van der Waals surface area contributed by atoms with Crippen molar-refractivity contribution in [1.82, 2.24) is 9.80 Å². The van der Waals surface area contributed by atoms with E-state index >= 15 is 0 Å². The van der Waals surface area contributed by atoms with Gasteiger partial charge in [-0.2, -0.15) is 0 Å². The molecular formula is C18H21BrN2O3S. The summed E-state index contributed by atoms with van der Waals surface area (Å²) in [5.74, 6) is 0.0289. The van der Waals surface area contributed by atoms with E-state index in [2.05, 4.69) is 15.9 Å². The van der Waals surface area contributed by atoms with Gasteiger partial charge in [0.2, 0.25) is 0 Å². The van der Waals surface area contributed by atoms with Crippen molar-refractivity contribution in [1.29, 1.82) is 0 Å². The maximum absolute atomic E-state index is 12.7. The standard InChI is InChI=1S/C18H21BrN2O3S/c1-18(2,3)24-17(23)21-8-6-20(7-9-21)16(22)15-11-12-10-13(19)4-5-14(12)25-15/h4-5,10-11H,6-9H2,1-3H3. The second-order valence-corrected chi connectivity index (χ2v) is 9.05. The van der Waals surface area contributed by atoms with Crippen molar-refractivity contribution < 1.29 is 14.3 Å². The average Bonchev–Trinajstić information content (AvgIpc) is 2.95. The van der Waals surface area contributed by atoms with Crippen molar-refractivity contribution in [2.45, 2.75) is 26.4 Å². The molecule has 0 atom stereocenters. The third kappa shape index (κ3) is 4.33. The molecular weight excluding hydrogens is 404 g/mol. The van der Waals surface area contributed by atoms with Crippen LogP contribution in [0.2, 0.25) is 0 Å². The number of nitrogens with zero attached hydrogens (tertiary/aromatic N) is 2. The number of rotatable bonds is 1. The molecule has 1 saturated heterocycles. The first-order valence-electron chi connectivity index (χ1n) is 8.19. The Hall–Kier alpha value is -1.60. The third-order valence-electron chi connectivity index (χ3n) is 3.91. The number of ether oxygens (including phenoxy) is 1. The Morgan fingerprint density at radius 3 is 2.36 bits per heavy atom. The zero-order valence-corrected chi connectivity index (χ0v) is 16.9. The van der Waals surface area contributed by atoms with Gasteiger partial charge in [0.05, 0.1) is 4.88 Å². The van der Waals surface area contributed by atoms with Gasteiger partial charge >= 0.3 is 6.09 Å². The van der Waals surface area contributed by atoms with E-state index in [0.29, 0.717) is 26.2 Å². The number of piperazine rings is 1. The van der Waals surface area contributed by atoms with E-state index in [1.165, 1.54) is 11.3 Å². The molecule has 0 saturated carbocycles. The van der Waals surface area contributed by atoms with Gasteiger partial charge in [-0.1, -0.05) is 15.9 Å². The normalized spacial score (nSPS) is 15.5. The Bertz CT molecular complexity index is 804. The van der Waals surface area contributed by atoms with Crippen LogP contribution in [0.3, 0.4) is 0 Å². The van der Waals surface area contributed by atoms with Crippen LogP contribution in [0, 0.1) is 0 Å². The number of carbonyl (C=O) groups is 2. The molecule has 134 valence electrons. The monoisotopic (exact) mass is 424 g/mol. The summed E-state index contributed by atoms with van der Waals surface area (Å²) in [6.07, 6.45) is -0.314.